The van der Waals surface area contributed by atoms with Gasteiger partial charge in [-0.2, -0.15) is 4.98 Å². The Labute approximate surface area is 198 Å². The van der Waals surface area contributed by atoms with Gasteiger partial charge in [-0.3, -0.25) is 10.1 Å². The summed E-state index contributed by atoms with van der Waals surface area (Å²) in [5, 5.41) is 11.0. The molecule has 0 fully saturated rings. The molecule has 7 nitrogen and oxygen atoms in total. The number of aromatic nitrogens is 3. The van der Waals surface area contributed by atoms with Gasteiger partial charge in [0.25, 0.3) is 5.95 Å². The van der Waals surface area contributed by atoms with E-state index in [4.69, 9.17) is 4.74 Å². The van der Waals surface area contributed by atoms with E-state index < -0.39 is 0 Å². The molecule has 172 valence electrons. The maximum atomic E-state index is 12.6. The minimum atomic E-state index is -0.104. The number of rotatable bonds is 7. The number of amides is 1. The van der Waals surface area contributed by atoms with Gasteiger partial charge in [0.2, 0.25) is 11.9 Å². The first-order chi connectivity index (χ1) is 16.7. The number of methoxy groups -OCH3 is 1. The van der Waals surface area contributed by atoms with Gasteiger partial charge in [0.15, 0.2) is 0 Å². The Hall–Kier alpha value is -4.13. The zero-order valence-corrected chi connectivity index (χ0v) is 19.0. The van der Waals surface area contributed by atoms with E-state index in [9.17, 15) is 4.79 Å². The van der Waals surface area contributed by atoms with Crippen LogP contribution in [0.15, 0.2) is 84.9 Å². The van der Waals surface area contributed by atoms with Crippen LogP contribution in [0.1, 0.15) is 41.6 Å². The third kappa shape index (κ3) is 4.78. The minimum absolute atomic E-state index is 0.0326. The minimum Gasteiger partial charge on any atom is -0.497 e. The van der Waals surface area contributed by atoms with Crippen LogP contribution in [0.25, 0.3) is 0 Å². The number of fused-ring (bicyclic) bond motifs is 1. The highest BCUT2D eigenvalue weighted by molar-refractivity contribution is 5.89. The number of carbonyl (C=O) groups is 1. The predicted molar refractivity (Wildman–Crippen MR) is 132 cm³/mol. The van der Waals surface area contributed by atoms with Gasteiger partial charge in [0, 0.05) is 6.42 Å². The molecule has 0 unspecified atom stereocenters. The van der Waals surface area contributed by atoms with E-state index in [1.54, 1.807) is 7.11 Å². The lowest BCUT2D eigenvalue weighted by molar-refractivity contribution is -0.116. The van der Waals surface area contributed by atoms with Crippen molar-refractivity contribution in [2.75, 3.05) is 17.7 Å². The molecule has 1 aromatic heterocycles. The zero-order valence-electron chi connectivity index (χ0n) is 19.0. The highest BCUT2D eigenvalue weighted by Crippen LogP contribution is 2.38. The zero-order chi connectivity index (χ0) is 23.3. The normalized spacial score (nSPS) is 16.9. The molecule has 0 bridgehead atoms. The van der Waals surface area contributed by atoms with Gasteiger partial charge in [-0.05, 0) is 41.7 Å². The number of nitrogens with zero attached hydrogens (tertiary/aromatic N) is 3. The van der Waals surface area contributed by atoms with Gasteiger partial charge in [-0.25, -0.2) is 4.68 Å². The topological polar surface area (TPSA) is 81.1 Å². The second-order valence-electron chi connectivity index (χ2n) is 8.37. The smallest absolute Gasteiger partial charge is 0.250 e. The Balaban J connectivity index is 1.38. The fourth-order valence-corrected chi connectivity index (χ4v) is 4.33. The van der Waals surface area contributed by atoms with Crippen molar-refractivity contribution in [3.05, 3.63) is 102 Å². The van der Waals surface area contributed by atoms with Crippen LogP contribution >= 0.6 is 0 Å². The maximum absolute atomic E-state index is 12.6. The Morgan fingerprint density at radius 1 is 1.00 bits per heavy atom. The molecule has 0 spiro atoms. The molecule has 2 heterocycles. The summed E-state index contributed by atoms with van der Waals surface area (Å²) in [5.74, 6) is 1.65. The van der Waals surface area contributed by atoms with Crippen LogP contribution in [-0.2, 0) is 11.2 Å². The molecule has 1 aliphatic rings. The molecule has 5 rings (SSSR count). The number of ether oxygens (including phenoxy) is 1. The van der Waals surface area contributed by atoms with Crippen molar-refractivity contribution in [3.8, 4) is 5.75 Å². The monoisotopic (exact) mass is 453 g/mol. The average molecular weight is 454 g/mol. The maximum Gasteiger partial charge on any atom is 0.250 e. The lowest BCUT2D eigenvalue weighted by Crippen LogP contribution is -2.28. The van der Waals surface area contributed by atoms with Gasteiger partial charge in [-0.15, -0.1) is 5.10 Å². The quantitative estimate of drug-likeness (QED) is 0.411. The number of carbonyl (C=O) groups excluding carboxylic acids is 1. The SMILES string of the molecule is COc1ccc([C@H]2C[C@@H](c3ccccc3)Nc3nc(NC(=O)CCc4ccccc4)nn32)cc1. The highest BCUT2D eigenvalue weighted by Gasteiger charge is 2.31. The van der Waals surface area contributed by atoms with Crippen LogP contribution < -0.4 is 15.4 Å². The second-order valence-corrected chi connectivity index (χ2v) is 8.37. The fourth-order valence-electron chi connectivity index (χ4n) is 4.33. The van der Waals surface area contributed by atoms with E-state index in [0.717, 1.165) is 23.3 Å². The summed E-state index contributed by atoms with van der Waals surface area (Å²) in [5.41, 5.74) is 3.42. The van der Waals surface area contributed by atoms with Gasteiger partial charge in [0.05, 0.1) is 19.2 Å². The molecule has 1 aliphatic heterocycles. The van der Waals surface area contributed by atoms with E-state index in [-0.39, 0.29) is 18.0 Å². The summed E-state index contributed by atoms with van der Waals surface area (Å²) >= 11 is 0. The molecular formula is C27H27N5O2. The number of anilines is 2. The molecule has 0 radical (unpaired) electrons. The summed E-state index contributed by atoms with van der Waals surface area (Å²) < 4.78 is 7.19. The molecular weight excluding hydrogens is 426 g/mol. The first kappa shape index (κ1) is 21.7. The van der Waals surface area contributed by atoms with Crippen LogP contribution in [-0.4, -0.2) is 27.8 Å². The van der Waals surface area contributed by atoms with E-state index in [2.05, 4.69) is 45.0 Å². The second kappa shape index (κ2) is 9.79. The number of hydrogen-bond donors (Lipinski definition) is 2. The molecule has 0 saturated heterocycles. The number of aryl methyl sites for hydroxylation is 1. The van der Waals surface area contributed by atoms with Gasteiger partial charge < -0.3 is 10.1 Å². The highest BCUT2D eigenvalue weighted by atomic mass is 16.5. The summed E-state index contributed by atoms with van der Waals surface area (Å²) in [7, 11) is 1.66. The first-order valence-corrected chi connectivity index (χ1v) is 11.5. The summed E-state index contributed by atoms with van der Waals surface area (Å²) in [6.07, 6.45) is 1.84. The third-order valence-electron chi connectivity index (χ3n) is 6.13. The fraction of sp³-hybridized carbons (Fsp3) is 0.222. The van der Waals surface area contributed by atoms with Gasteiger partial charge in [-0.1, -0.05) is 72.8 Å². The van der Waals surface area contributed by atoms with Crippen molar-refractivity contribution in [2.24, 2.45) is 0 Å². The largest absolute Gasteiger partial charge is 0.497 e. The Kier molecular flexibility index (Phi) is 6.25. The van der Waals surface area contributed by atoms with Crippen molar-refractivity contribution in [2.45, 2.75) is 31.3 Å². The van der Waals surface area contributed by atoms with Crippen molar-refractivity contribution in [3.63, 3.8) is 0 Å². The third-order valence-corrected chi connectivity index (χ3v) is 6.13. The Morgan fingerprint density at radius 2 is 1.71 bits per heavy atom. The lowest BCUT2D eigenvalue weighted by atomic mass is 9.93. The van der Waals surface area contributed by atoms with E-state index in [1.165, 1.54) is 5.56 Å². The van der Waals surface area contributed by atoms with E-state index >= 15 is 0 Å². The van der Waals surface area contributed by atoms with Gasteiger partial charge >= 0.3 is 0 Å². The number of hydrogen-bond acceptors (Lipinski definition) is 5. The molecule has 7 heteroatoms. The molecule has 34 heavy (non-hydrogen) atoms. The summed E-state index contributed by atoms with van der Waals surface area (Å²) in [6.45, 7) is 0. The number of nitrogens with one attached hydrogen (secondary N) is 2. The lowest BCUT2D eigenvalue weighted by Gasteiger charge is -2.31. The van der Waals surface area contributed by atoms with Crippen LogP contribution in [0.3, 0.4) is 0 Å². The standard InChI is InChI=1S/C27H27N5O2/c1-34-22-15-13-21(14-16-22)24-18-23(20-10-6-3-7-11-20)28-27-30-26(31-32(24)27)29-25(33)17-12-19-8-4-2-5-9-19/h2-11,13-16,23-24H,12,17-18H2,1H3,(H2,28,29,30,31,33)/t23-,24+/m0/s1. The van der Waals surface area contributed by atoms with Crippen molar-refractivity contribution in [1.29, 1.82) is 0 Å². The molecule has 1 amide bonds. The molecule has 2 N–H and O–H groups in total. The van der Waals surface area contributed by atoms with Crippen molar-refractivity contribution < 1.29 is 9.53 Å². The molecule has 0 saturated carbocycles. The van der Waals surface area contributed by atoms with Crippen LogP contribution in [0.2, 0.25) is 0 Å². The molecule has 2 atom stereocenters. The van der Waals surface area contributed by atoms with Crippen LogP contribution in [0.4, 0.5) is 11.9 Å². The van der Waals surface area contributed by atoms with Crippen molar-refractivity contribution >= 4 is 17.8 Å². The first-order valence-electron chi connectivity index (χ1n) is 11.5. The number of benzene rings is 3. The predicted octanol–water partition coefficient (Wildman–Crippen LogP) is 5.00. The van der Waals surface area contributed by atoms with Crippen LogP contribution in [0.5, 0.6) is 5.75 Å². The van der Waals surface area contributed by atoms with Crippen LogP contribution in [0, 0.1) is 0 Å². The molecule has 4 aromatic rings. The van der Waals surface area contributed by atoms with Crippen molar-refractivity contribution in [1.82, 2.24) is 14.8 Å². The Bertz CT molecular complexity index is 1240. The van der Waals surface area contributed by atoms with E-state index in [1.807, 2.05) is 65.3 Å². The molecule has 0 aliphatic carbocycles. The average Bonchev–Trinajstić information content (AvgIpc) is 3.30. The Morgan fingerprint density at radius 3 is 2.41 bits per heavy atom. The van der Waals surface area contributed by atoms with E-state index in [0.29, 0.717) is 24.7 Å². The van der Waals surface area contributed by atoms with Gasteiger partial charge in [0.1, 0.15) is 5.75 Å². The summed E-state index contributed by atoms with van der Waals surface area (Å²) in [4.78, 5) is 17.2. The molecule has 3 aromatic carbocycles. The summed E-state index contributed by atoms with van der Waals surface area (Å²) in [6, 6.07) is 28.4.